The Morgan fingerprint density at radius 2 is 1.68 bits per heavy atom. The molecule has 212 valence electrons. The van der Waals surface area contributed by atoms with Gasteiger partial charge in [-0.05, 0) is 57.9 Å². The smallest absolute Gasteiger partial charge is 0.337 e. The van der Waals surface area contributed by atoms with Crippen LogP contribution in [0.15, 0.2) is 43.1 Å². The van der Waals surface area contributed by atoms with Crippen LogP contribution in [-0.2, 0) is 22.5 Å². The number of hydrogen-bond acceptors (Lipinski definition) is 5. The van der Waals surface area contributed by atoms with Gasteiger partial charge in [-0.15, -0.1) is 0 Å². The summed E-state index contributed by atoms with van der Waals surface area (Å²) in [6.45, 7) is 17.6. The van der Waals surface area contributed by atoms with Gasteiger partial charge in [0.2, 0.25) is 0 Å². The van der Waals surface area contributed by atoms with Crippen molar-refractivity contribution in [2.75, 3.05) is 14.2 Å². The standard InChI is InChI=1S/C32H39FN2O4Si/c1-18(2)40(19(3)4,20(5)6)39-30-28-26(17-35(8)31(28)36)27(21(7)32(37)38-9)25-15-23(16-34-29(25)30)14-22-10-12-24(33)13-11-22/h10-13,15-16,18-20H,7,14,17H2,1-6,8-9H3. The summed E-state index contributed by atoms with van der Waals surface area (Å²) in [7, 11) is 0.566. The second kappa shape index (κ2) is 11.2. The quantitative estimate of drug-likeness (QED) is 0.156. The van der Waals surface area contributed by atoms with Crippen molar-refractivity contribution in [2.24, 2.45) is 0 Å². The molecular formula is C32H39FN2O4Si. The molecule has 3 aromatic rings. The molecule has 2 aromatic carbocycles. The lowest BCUT2D eigenvalue weighted by atomic mass is 9.91. The fourth-order valence-electron chi connectivity index (χ4n) is 6.44. The number of methoxy groups -OCH3 is 1. The molecule has 6 nitrogen and oxygen atoms in total. The maximum Gasteiger partial charge on any atom is 0.337 e. The Morgan fingerprint density at radius 3 is 2.23 bits per heavy atom. The maximum atomic E-state index is 13.7. The second-order valence-corrected chi connectivity index (χ2v) is 17.0. The molecule has 40 heavy (non-hydrogen) atoms. The first-order valence-electron chi connectivity index (χ1n) is 13.8. The molecule has 1 aliphatic heterocycles. The third-order valence-electron chi connectivity index (χ3n) is 8.26. The molecule has 1 aliphatic rings. The number of nitrogens with zero attached hydrogens (tertiary/aromatic N) is 2. The van der Waals surface area contributed by atoms with E-state index < -0.39 is 14.3 Å². The van der Waals surface area contributed by atoms with E-state index in [-0.39, 0.29) is 33.9 Å². The Morgan fingerprint density at radius 1 is 1.07 bits per heavy atom. The van der Waals surface area contributed by atoms with Gasteiger partial charge < -0.3 is 14.1 Å². The maximum absolute atomic E-state index is 13.7. The predicted molar refractivity (Wildman–Crippen MR) is 159 cm³/mol. The zero-order valence-corrected chi connectivity index (χ0v) is 25.7. The van der Waals surface area contributed by atoms with Gasteiger partial charge in [-0.1, -0.05) is 60.3 Å². The van der Waals surface area contributed by atoms with Crippen molar-refractivity contribution in [3.05, 3.63) is 76.7 Å². The number of carbonyl (C=O) groups excluding carboxylic acids is 2. The van der Waals surface area contributed by atoms with Crippen molar-refractivity contribution in [1.29, 1.82) is 0 Å². The van der Waals surface area contributed by atoms with Crippen LogP contribution >= 0.6 is 0 Å². The minimum Gasteiger partial charge on any atom is -0.541 e. The van der Waals surface area contributed by atoms with Crippen LogP contribution < -0.4 is 4.43 Å². The molecule has 2 heterocycles. The molecule has 0 unspecified atom stereocenters. The number of hydrogen-bond donors (Lipinski definition) is 0. The Labute approximate surface area is 237 Å². The lowest BCUT2D eigenvalue weighted by Crippen LogP contribution is -2.51. The van der Waals surface area contributed by atoms with Crippen LogP contribution in [-0.4, -0.2) is 44.2 Å². The first-order chi connectivity index (χ1) is 18.8. The van der Waals surface area contributed by atoms with E-state index in [2.05, 4.69) is 48.1 Å². The molecule has 0 atom stereocenters. The number of ether oxygens (including phenoxy) is 1. The largest absolute Gasteiger partial charge is 0.541 e. The Bertz CT molecular complexity index is 1460. The normalized spacial score (nSPS) is 13.5. The van der Waals surface area contributed by atoms with Crippen molar-refractivity contribution in [2.45, 2.75) is 71.1 Å². The molecule has 8 heteroatoms. The van der Waals surface area contributed by atoms with Crippen molar-refractivity contribution < 1.29 is 23.1 Å². The molecule has 0 aliphatic carbocycles. The van der Waals surface area contributed by atoms with Crippen LogP contribution in [0.1, 0.15) is 74.2 Å². The SMILES string of the molecule is C=C(C(=O)OC)c1c2c(c(O[Si](C(C)C)(C(C)C)C(C)C)c3ncc(Cc4ccc(F)cc4)cc13)C(=O)N(C)C2. The van der Waals surface area contributed by atoms with E-state index in [0.29, 0.717) is 46.3 Å². The summed E-state index contributed by atoms with van der Waals surface area (Å²) in [4.78, 5) is 33.0. The highest BCUT2D eigenvalue weighted by Crippen LogP contribution is 2.48. The average Bonchev–Trinajstić information content (AvgIpc) is 3.19. The van der Waals surface area contributed by atoms with Gasteiger partial charge in [0.1, 0.15) is 17.1 Å². The minimum absolute atomic E-state index is 0.165. The zero-order valence-electron chi connectivity index (χ0n) is 24.7. The average molecular weight is 563 g/mol. The van der Waals surface area contributed by atoms with Gasteiger partial charge >= 0.3 is 5.97 Å². The first-order valence-corrected chi connectivity index (χ1v) is 15.9. The molecule has 0 fully saturated rings. The molecule has 4 rings (SSSR count). The van der Waals surface area contributed by atoms with Gasteiger partial charge in [0.05, 0.1) is 18.2 Å². The number of carbonyl (C=O) groups is 2. The lowest BCUT2D eigenvalue weighted by Gasteiger charge is -2.42. The summed E-state index contributed by atoms with van der Waals surface area (Å²) >= 11 is 0. The highest BCUT2D eigenvalue weighted by molar-refractivity contribution is 6.78. The first kappa shape index (κ1) is 29.5. The number of esters is 1. The number of amides is 1. The summed E-state index contributed by atoms with van der Waals surface area (Å²) in [5.74, 6) is -0.534. The Balaban J connectivity index is 2.06. The number of rotatable bonds is 9. The molecule has 0 N–H and O–H groups in total. The molecule has 0 bridgehead atoms. The summed E-state index contributed by atoms with van der Waals surface area (Å²) in [5, 5.41) is 0.686. The summed E-state index contributed by atoms with van der Waals surface area (Å²) in [6.07, 6.45) is 2.28. The van der Waals surface area contributed by atoms with Gasteiger partial charge in [-0.25, -0.2) is 9.18 Å². The van der Waals surface area contributed by atoms with Crippen LogP contribution in [0, 0.1) is 5.82 Å². The summed E-state index contributed by atoms with van der Waals surface area (Å²) in [5.41, 5.74) is 5.03. The van der Waals surface area contributed by atoms with Crippen molar-refractivity contribution >= 4 is 36.7 Å². The number of benzene rings is 2. The van der Waals surface area contributed by atoms with Gasteiger partial charge in [0.25, 0.3) is 14.2 Å². The summed E-state index contributed by atoms with van der Waals surface area (Å²) < 4.78 is 25.8. The van der Waals surface area contributed by atoms with Gasteiger partial charge in [0.15, 0.2) is 0 Å². The van der Waals surface area contributed by atoms with Crippen LogP contribution in [0.5, 0.6) is 5.75 Å². The van der Waals surface area contributed by atoms with E-state index in [1.807, 2.05) is 6.07 Å². The fourth-order valence-corrected chi connectivity index (χ4v) is 11.7. The zero-order chi connectivity index (χ0) is 29.5. The third kappa shape index (κ3) is 4.94. The van der Waals surface area contributed by atoms with Crippen molar-refractivity contribution in [3.8, 4) is 5.75 Å². The van der Waals surface area contributed by atoms with E-state index in [1.54, 1.807) is 30.3 Å². The predicted octanol–water partition coefficient (Wildman–Crippen LogP) is 7.29. The minimum atomic E-state index is -2.49. The molecule has 0 radical (unpaired) electrons. The molecule has 1 amide bonds. The second-order valence-electron chi connectivity index (χ2n) is 11.7. The van der Waals surface area contributed by atoms with E-state index in [9.17, 15) is 14.0 Å². The number of aromatic nitrogens is 1. The molecule has 0 saturated heterocycles. The van der Waals surface area contributed by atoms with Gasteiger partial charge in [-0.3, -0.25) is 9.78 Å². The highest BCUT2D eigenvalue weighted by Gasteiger charge is 2.49. The van der Waals surface area contributed by atoms with Crippen LogP contribution in [0.4, 0.5) is 4.39 Å². The molecule has 0 saturated carbocycles. The molecule has 1 aromatic heterocycles. The number of pyridine rings is 1. The summed E-state index contributed by atoms with van der Waals surface area (Å²) in [6, 6.07) is 8.33. The number of fused-ring (bicyclic) bond motifs is 2. The van der Waals surface area contributed by atoms with Crippen molar-refractivity contribution in [1.82, 2.24) is 9.88 Å². The van der Waals surface area contributed by atoms with Gasteiger partial charge in [-0.2, -0.15) is 0 Å². The van der Waals surface area contributed by atoms with Crippen LogP contribution in [0.2, 0.25) is 16.6 Å². The van der Waals surface area contributed by atoms with E-state index >= 15 is 0 Å². The fraction of sp³-hybridized carbons (Fsp3) is 0.406. The van der Waals surface area contributed by atoms with Crippen LogP contribution in [0.25, 0.3) is 16.5 Å². The molecular weight excluding hydrogens is 523 g/mol. The third-order valence-corrected chi connectivity index (χ3v) is 14.2. The monoisotopic (exact) mass is 562 g/mol. The van der Waals surface area contributed by atoms with E-state index in [1.165, 1.54) is 19.2 Å². The van der Waals surface area contributed by atoms with Crippen LogP contribution in [0.3, 0.4) is 0 Å². The Kier molecular flexibility index (Phi) is 8.22. The lowest BCUT2D eigenvalue weighted by molar-refractivity contribution is -0.133. The number of halogens is 1. The van der Waals surface area contributed by atoms with E-state index in [0.717, 1.165) is 11.1 Å². The van der Waals surface area contributed by atoms with E-state index in [4.69, 9.17) is 14.1 Å². The highest BCUT2D eigenvalue weighted by atomic mass is 28.4. The molecule has 0 spiro atoms. The van der Waals surface area contributed by atoms with Gasteiger partial charge in [0, 0.05) is 30.7 Å². The topological polar surface area (TPSA) is 68.7 Å². The van der Waals surface area contributed by atoms with Crippen molar-refractivity contribution in [3.63, 3.8) is 0 Å². The Hall–Kier alpha value is -3.52.